The maximum atomic E-state index is 13.0. The molecule has 0 saturated heterocycles. The first-order valence-corrected chi connectivity index (χ1v) is 11.4. The summed E-state index contributed by atoms with van der Waals surface area (Å²) in [5.41, 5.74) is 2.63. The van der Waals surface area contributed by atoms with E-state index in [-0.39, 0.29) is 25.0 Å². The molecule has 2 unspecified atom stereocenters. The number of carbonyl (C=O) groups is 1. The molecule has 2 aliphatic rings. The molecule has 0 spiro atoms. The van der Waals surface area contributed by atoms with Crippen LogP contribution in [0.4, 0.5) is 13.2 Å². The first-order valence-electron chi connectivity index (χ1n) is 11.4. The number of ether oxygens (including phenoxy) is 1. The van der Waals surface area contributed by atoms with E-state index in [9.17, 15) is 18.0 Å². The van der Waals surface area contributed by atoms with Crippen molar-refractivity contribution >= 4 is 11.5 Å². The summed E-state index contributed by atoms with van der Waals surface area (Å²) in [7, 11) is 0. The fourth-order valence-corrected chi connectivity index (χ4v) is 4.65. The van der Waals surface area contributed by atoms with Gasteiger partial charge in [0.05, 0.1) is 6.04 Å². The lowest BCUT2D eigenvalue weighted by molar-refractivity contribution is -0.139. The summed E-state index contributed by atoms with van der Waals surface area (Å²) in [4.78, 5) is 13.1. The maximum Gasteiger partial charge on any atom is 0.412 e. The number of alkyl halides is 3. The molecule has 2 heterocycles. The molecule has 1 aromatic heterocycles. The molecule has 4 rings (SSSR count). The van der Waals surface area contributed by atoms with E-state index in [1.54, 1.807) is 13.0 Å². The van der Waals surface area contributed by atoms with Gasteiger partial charge in [-0.05, 0) is 73.1 Å². The summed E-state index contributed by atoms with van der Waals surface area (Å²) in [5, 5.41) is 8.81. The van der Waals surface area contributed by atoms with Gasteiger partial charge in [-0.15, -0.1) is 0 Å². The fraction of sp³-hybridized carbons (Fsp3) is 0.423. The van der Waals surface area contributed by atoms with Crippen LogP contribution in [-0.2, 0) is 17.6 Å². The number of hydrogen-bond donors (Lipinski definition) is 1. The number of furan rings is 1. The second-order valence-corrected chi connectivity index (χ2v) is 8.94. The van der Waals surface area contributed by atoms with Crippen LogP contribution in [0.1, 0.15) is 49.0 Å². The monoisotopic (exact) mass is 475 g/mol. The second kappa shape index (κ2) is 9.70. The van der Waals surface area contributed by atoms with Crippen molar-refractivity contribution in [2.75, 3.05) is 19.7 Å². The third-order valence-corrected chi connectivity index (χ3v) is 6.63. The number of aliphatic carboxylic acids is 1. The molecule has 0 amide bonds. The molecule has 1 aromatic carbocycles. The number of nitrogens with zero attached hydrogens (tertiary/aromatic N) is 1. The average Bonchev–Trinajstić information content (AvgIpc) is 3.17. The molecule has 0 fully saturated rings. The Morgan fingerprint density at radius 2 is 1.91 bits per heavy atom. The van der Waals surface area contributed by atoms with Crippen LogP contribution in [0, 0.1) is 5.92 Å². The lowest BCUT2D eigenvalue weighted by Gasteiger charge is -2.26. The largest absolute Gasteiger partial charge is 0.482 e. The molecule has 2 aromatic rings. The van der Waals surface area contributed by atoms with Gasteiger partial charge >= 0.3 is 12.1 Å². The molecule has 182 valence electrons. The molecule has 2 atom stereocenters. The summed E-state index contributed by atoms with van der Waals surface area (Å²) in [6.07, 6.45) is -0.0290. The molecule has 1 aliphatic carbocycles. The topological polar surface area (TPSA) is 62.9 Å². The Morgan fingerprint density at radius 1 is 1.18 bits per heavy atom. The van der Waals surface area contributed by atoms with Crippen LogP contribution in [0.3, 0.4) is 0 Å². The SMILES string of the molecule is CC1CC(C(F)(F)F)=CC=C1c1ccc(C(C)N2CCc3ccc(OCC(=O)O)cc3CC2)o1. The molecule has 0 bridgehead atoms. The van der Waals surface area contributed by atoms with Crippen molar-refractivity contribution in [1.82, 2.24) is 4.90 Å². The van der Waals surface area contributed by atoms with E-state index in [0.717, 1.165) is 48.9 Å². The first kappa shape index (κ1) is 24.1. The minimum Gasteiger partial charge on any atom is -0.482 e. The number of halogens is 3. The van der Waals surface area contributed by atoms with Gasteiger partial charge in [0.2, 0.25) is 0 Å². The van der Waals surface area contributed by atoms with Crippen molar-refractivity contribution in [3.05, 3.63) is 70.7 Å². The Hall–Kier alpha value is -3.00. The number of carboxylic acid groups (broad SMARTS) is 1. The molecule has 5 nitrogen and oxygen atoms in total. The molecular weight excluding hydrogens is 447 g/mol. The van der Waals surface area contributed by atoms with Gasteiger partial charge in [0.25, 0.3) is 0 Å². The normalized spacial score (nSPS) is 20.1. The summed E-state index contributed by atoms with van der Waals surface area (Å²) >= 11 is 0. The molecule has 8 heteroatoms. The number of rotatable bonds is 6. The van der Waals surface area contributed by atoms with Crippen LogP contribution in [0.25, 0.3) is 5.57 Å². The van der Waals surface area contributed by atoms with Crippen molar-refractivity contribution < 1.29 is 32.2 Å². The summed E-state index contributed by atoms with van der Waals surface area (Å²) in [5.74, 6) is 0.662. The average molecular weight is 476 g/mol. The lowest BCUT2D eigenvalue weighted by atomic mass is 9.87. The third-order valence-electron chi connectivity index (χ3n) is 6.63. The van der Waals surface area contributed by atoms with Crippen molar-refractivity contribution in [2.45, 2.75) is 45.3 Å². The Kier molecular flexibility index (Phi) is 6.89. The van der Waals surface area contributed by atoms with Gasteiger partial charge in [-0.1, -0.05) is 25.1 Å². The molecule has 34 heavy (non-hydrogen) atoms. The maximum absolute atomic E-state index is 13.0. The van der Waals surface area contributed by atoms with Crippen LogP contribution < -0.4 is 4.74 Å². The van der Waals surface area contributed by atoms with Crippen molar-refractivity contribution in [1.29, 1.82) is 0 Å². The van der Waals surface area contributed by atoms with Gasteiger partial charge < -0.3 is 14.3 Å². The van der Waals surface area contributed by atoms with Gasteiger partial charge in [0, 0.05) is 18.7 Å². The zero-order chi connectivity index (χ0) is 24.5. The highest BCUT2D eigenvalue weighted by molar-refractivity contribution is 5.68. The number of hydrogen-bond acceptors (Lipinski definition) is 4. The highest BCUT2D eigenvalue weighted by Crippen LogP contribution is 2.40. The van der Waals surface area contributed by atoms with Crippen molar-refractivity contribution in [2.24, 2.45) is 5.92 Å². The Morgan fingerprint density at radius 3 is 2.59 bits per heavy atom. The van der Waals surface area contributed by atoms with E-state index in [0.29, 0.717) is 11.5 Å². The van der Waals surface area contributed by atoms with E-state index >= 15 is 0 Å². The molecule has 1 aliphatic heterocycles. The van der Waals surface area contributed by atoms with Gasteiger partial charge in [-0.2, -0.15) is 13.2 Å². The number of fused-ring (bicyclic) bond motifs is 1. The summed E-state index contributed by atoms with van der Waals surface area (Å²) in [6.45, 7) is 5.11. The number of benzene rings is 1. The molecule has 0 saturated carbocycles. The predicted molar refractivity (Wildman–Crippen MR) is 122 cm³/mol. The quantitative estimate of drug-likeness (QED) is 0.571. The van der Waals surface area contributed by atoms with E-state index in [1.807, 2.05) is 24.3 Å². The van der Waals surface area contributed by atoms with Crippen LogP contribution >= 0.6 is 0 Å². The van der Waals surface area contributed by atoms with Gasteiger partial charge in [-0.3, -0.25) is 4.90 Å². The zero-order valence-corrected chi connectivity index (χ0v) is 19.2. The summed E-state index contributed by atoms with van der Waals surface area (Å²) in [6, 6.07) is 9.47. The molecule has 1 N–H and O–H groups in total. The van der Waals surface area contributed by atoms with Crippen LogP contribution in [-0.4, -0.2) is 41.8 Å². The van der Waals surface area contributed by atoms with Crippen LogP contribution in [0.15, 0.2) is 52.5 Å². The van der Waals surface area contributed by atoms with Gasteiger partial charge in [-0.25, -0.2) is 4.79 Å². The van der Waals surface area contributed by atoms with E-state index in [2.05, 4.69) is 11.8 Å². The van der Waals surface area contributed by atoms with Crippen molar-refractivity contribution in [3.8, 4) is 5.75 Å². The van der Waals surface area contributed by atoms with Crippen molar-refractivity contribution in [3.63, 3.8) is 0 Å². The third kappa shape index (κ3) is 5.38. The van der Waals surface area contributed by atoms with Crippen LogP contribution in [0.2, 0.25) is 0 Å². The minimum absolute atomic E-state index is 0.00608. The molecule has 0 radical (unpaired) electrons. The van der Waals surface area contributed by atoms with E-state index in [4.69, 9.17) is 14.3 Å². The first-order chi connectivity index (χ1) is 16.1. The Balaban J connectivity index is 1.44. The van der Waals surface area contributed by atoms with Gasteiger partial charge in [0.15, 0.2) is 6.61 Å². The molecular formula is C26H28F3NO4. The predicted octanol–water partition coefficient (Wildman–Crippen LogP) is 5.82. The highest BCUT2D eigenvalue weighted by Gasteiger charge is 2.36. The van der Waals surface area contributed by atoms with E-state index < -0.39 is 17.7 Å². The fourth-order valence-electron chi connectivity index (χ4n) is 4.65. The number of allylic oxidation sites excluding steroid dienone is 4. The van der Waals surface area contributed by atoms with E-state index in [1.165, 1.54) is 11.6 Å². The zero-order valence-electron chi connectivity index (χ0n) is 19.2. The van der Waals surface area contributed by atoms with Crippen LogP contribution in [0.5, 0.6) is 5.75 Å². The standard InChI is InChI=1S/C26H28F3NO4/c1-16-13-20(26(27,28)29)4-6-22(16)24-8-7-23(34-24)17(2)30-11-9-18-3-5-21(33-15-25(31)32)14-19(18)10-12-30/h3-8,14,16-17H,9-13,15H2,1-2H3,(H,31,32). The lowest BCUT2D eigenvalue weighted by Crippen LogP contribution is -2.29. The Bertz CT molecular complexity index is 1120. The number of carboxylic acids is 1. The summed E-state index contributed by atoms with van der Waals surface area (Å²) < 4.78 is 50.5. The second-order valence-electron chi connectivity index (χ2n) is 8.94. The smallest absolute Gasteiger partial charge is 0.412 e. The van der Waals surface area contributed by atoms with Gasteiger partial charge in [0.1, 0.15) is 17.3 Å². The highest BCUT2D eigenvalue weighted by atomic mass is 19.4. The Labute approximate surface area is 196 Å². The minimum atomic E-state index is -4.30.